The lowest BCUT2D eigenvalue weighted by Gasteiger charge is -2.30. The Morgan fingerprint density at radius 1 is 1.38 bits per heavy atom. The predicted molar refractivity (Wildman–Crippen MR) is 82.3 cm³/mol. The monoisotopic (exact) mass is 299 g/mol. The highest BCUT2D eigenvalue weighted by atomic mass is 16.4. The van der Waals surface area contributed by atoms with Crippen LogP contribution < -0.4 is 10.6 Å². The van der Waals surface area contributed by atoms with Gasteiger partial charge in [0.05, 0.1) is 0 Å². The Morgan fingerprint density at radius 3 is 2.76 bits per heavy atom. The Labute approximate surface area is 127 Å². The molecule has 1 aliphatic heterocycles. The zero-order valence-electron chi connectivity index (χ0n) is 13.2. The van der Waals surface area contributed by atoms with E-state index in [9.17, 15) is 9.59 Å². The number of carboxylic acids is 1. The normalized spacial score (nSPS) is 20.8. The number of piperidine rings is 1. The van der Waals surface area contributed by atoms with Gasteiger partial charge in [-0.15, -0.1) is 0 Å². The summed E-state index contributed by atoms with van der Waals surface area (Å²) in [5, 5.41) is 14.6. The van der Waals surface area contributed by atoms with E-state index < -0.39 is 5.97 Å². The van der Waals surface area contributed by atoms with Gasteiger partial charge in [-0.1, -0.05) is 13.3 Å². The number of amides is 2. The first-order valence-corrected chi connectivity index (χ1v) is 7.96. The number of hydrogen-bond donors (Lipinski definition) is 3. The molecular weight excluding hydrogens is 270 g/mol. The number of nitrogens with one attached hydrogen (secondary N) is 2. The number of nitrogens with zero attached hydrogens (tertiary/aromatic N) is 1. The molecule has 1 heterocycles. The number of carbonyl (C=O) groups is 2. The Hall–Kier alpha value is -1.30. The molecule has 0 aliphatic carbocycles. The average molecular weight is 299 g/mol. The number of hydrogen-bond acceptors (Lipinski definition) is 3. The SMILES string of the molecule is CCC(CCNC(=O)NC1CCCN(C)C1)CCC(=O)O. The van der Waals surface area contributed by atoms with E-state index in [1.807, 2.05) is 0 Å². The van der Waals surface area contributed by atoms with E-state index in [1.54, 1.807) is 0 Å². The molecule has 2 atom stereocenters. The third-order valence-electron chi connectivity index (χ3n) is 4.14. The summed E-state index contributed by atoms with van der Waals surface area (Å²) in [5.41, 5.74) is 0. The highest BCUT2D eigenvalue weighted by molar-refractivity contribution is 5.74. The third kappa shape index (κ3) is 7.90. The van der Waals surface area contributed by atoms with Crippen molar-refractivity contribution in [3.8, 4) is 0 Å². The Balaban J connectivity index is 2.15. The molecule has 0 saturated carbocycles. The Kier molecular flexibility index (Phi) is 8.12. The summed E-state index contributed by atoms with van der Waals surface area (Å²) in [5.74, 6) is -0.386. The molecule has 122 valence electrons. The van der Waals surface area contributed by atoms with E-state index in [0.717, 1.165) is 38.8 Å². The Morgan fingerprint density at radius 2 is 2.14 bits per heavy atom. The van der Waals surface area contributed by atoms with Gasteiger partial charge >= 0.3 is 12.0 Å². The molecule has 2 unspecified atom stereocenters. The van der Waals surface area contributed by atoms with Crippen LogP contribution >= 0.6 is 0 Å². The standard InChI is InChI=1S/C15H29N3O3/c1-3-12(6-7-14(19)20)8-9-16-15(21)17-13-5-4-10-18(2)11-13/h12-13H,3-11H2,1-2H3,(H,19,20)(H2,16,17,21). The molecule has 0 aromatic heterocycles. The lowest BCUT2D eigenvalue weighted by atomic mass is 9.97. The number of aliphatic carboxylic acids is 1. The van der Waals surface area contributed by atoms with E-state index in [-0.39, 0.29) is 18.5 Å². The van der Waals surface area contributed by atoms with Crippen LogP contribution in [0.1, 0.15) is 45.4 Å². The van der Waals surface area contributed by atoms with Gasteiger partial charge in [0.2, 0.25) is 0 Å². The predicted octanol–water partition coefficient (Wildman–Crippen LogP) is 1.66. The maximum atomic E-state index is 11.8. The lowest BCUT2D eigenvalue weighted by molar-refractivity contribution is -0.137. The fourth-order valence-corrected chi connectivity index (χ4v) is 2.79. The number of urea groups is 1. The molecule has 0 bridgehead atoms. The highest BCUT2D eigenvalue weighted by Crippen LogP contribution is 2.14. The molecule has 0 spiro atoms. The zero-order valence-corrected chi connectivity index (χ0v) is 13.2. The van der Waals surface area contributed by atoms with Gasteiger partial charge in [-0.05, 0) is 45.2 Å². The van der Waals surface area contributed by atoms with Gasteiger partial charge < -0.3 is 20.6 Å². The van der Waals surface area contributed by atoms with Gasteiger partial charge in [0.15, 0.2) is 0 Å². The van der Waals surface area contributed by atoms with Crippen LogP contribution in [0.25, 0.3) is 0 Å². The molecular formula is C15H29N3O3. The number of likely N-dealkylation sites (N-methyl/N-ethyl adjacent to an activating group) is 1. The number of rotatable bonds is 8. The van der Waals surface area contributed by atoms with Crippen LogP contribution in [0.3, 0.4) is 0 Å². The molecule has 2 amide bonds. The topological polar surface area (TPSA) is 81.7 Å². The van der Waals surface area contributed by atoms with Gasteiger partial charge in [0.1, 0.15) is 0 Å². The minimum atomic E-state index is -0.749. The quantitative estimate of drug-likeness (QED) is 0.636. The van der Waals surface area contributed by atoms with Gasteiger partial charge in [0.25, 0.3) is 0 Å². The summed E-state index contributed by atoms with van der Waals surface area (Å²) in [6.45, 7) is 4.67. The van der Waals surface area contributed by atoms with Crippen molar-refractivity contribution in [3.63, 3.8) is 0 Å². The molecule has 6 heteroatoms. The maximum Gasteiger partial charge on any atom is 0.315 e. The summed E-state index contributed by atoms with van der Waals surface area (Å²) in [6.07, 6.45) is 4.83. The summed E-state index contributed by atoms with van der Waals surface area (Å²) in [4.78, 5) is 24.6. The van der Waals surface area contributed by atoms with E-state index in [4.69, 9.17) is 5.11 Å². The van der Waals surface area contributed by atoms with Crippen LogP contribution in [0, 0.1) is 5.92 Å². The molecule has 1 rings (SSSR count). The summed E-state index contributed by atoms with van der Waals surface area (Å²) in [7, 11) is 2.07. The largest absolute Gasteiger partial charge is 0.481 e. The second-order valence-corrected chi connectivity index (χ2v) is 6.00. The second-order valence-electron chi connectivity index (χ2n) is 6.00. The maximum absolute atomic E-state index is 11.8. The van der Waals surface area contributed by atoms with Crippen LogP contribution in [0.5, 0.6) is 0 Å². The van der Waals surface area contributed by atoms with E-state index in [2.05, 4.69) is 29.5 Å². The highest BCUT2D eigenvalue weighted by Gasteiger charge is 2.18. The van der Waals surface area contributed by atoms with Crippen LogP contribution in [0.2, 0.25) is 0 Å². The molecule has 1 aliphatic rings. The molecule has 0 aromatic rings. The molecule has 3 N–H and O–H groups in total. The zero-order chi connectivity index (χ0) is 15.7. The summed E-state index contributed by atoms with van der Waals surface area (Å²) < 4.78 is 0. The molecule has 21 heavy (non-hydrogen) atoms. The van der Waals surface area contributed by atoms with Crippen molar-refractivity contribution in [2.75, 3.05) is 26.7 Å². The van der Waals surface area contributed by atoms with Crippen molar-refractivity contribution in [2.45, 2.75) is 51.5 Å². The van der Waals surface area contributed by atoms with Gasteiger partial charge in [0, 0.05) is 25.6 Å². The van der Waals surface area contributed by atoms with Crippen LogP contribution in [0.15, 0.2) is 0 Å². The number of carbonyl (C=O) groups excluding carboxylic acids is 1. The second kappa shape index (κ2) is 9.60. The fraction of sp³-hybridized carbons (Fsp3) is 0.867. The van der Waals surface area contributed by atoms with Crippen LogP contribution in [0.4, 0.5) is 4.79 Å². The summed E-state index contributed by atoms with van der Waals surface area (Å²) >= 11 is 0. The fourth-order valence-electron chi connectivity index (χ4n) is 2.79. The molecule has 0 radical (unpaired) electrons. The van der Waals surface area contributed by atoms with Crippen molar-refractivity contribution in [1.82, 2.24) is 15.5 Å². The lowest BCUT2D eigenvalue weighted by Crippen LogP contribution is -2.49. The van der Waals surface area contributed by atoms with Crippen LogP contribution in [-0.2, 0) is 4.79 Å². The summed E-state index contributed by atoms with van der Waals surface area (Å²) in [6, 6.07) is 0.126. The van der Waals surface area contributed by atoms with Gasteiger partial charge in [-0.3, -0.25) is 4.79 Å². The molecule has 1 fully saturated rings. The van der Waals surface area contributed by atoms with Crippen molar-refractivity contribution in [1.29, 1.82) is 0 Å². The van der Waals surface area contributed by atoms with E-state index in [0.29, 0.717) is 18.9 Å². The smallest absolute Gasteiger partial charge is 0.315 e. The average Bonchev–Trinajstić information content (AvgIpc) is 2.42. The van der Waals surface area contributed by atoms with E-state index in [1.165, 1.54) is 0 Å². The minimum Gasteiger partial charge on any atom is -0.481 e. The van der Waals surface area contributed by atoms with Crippen molar-refractivity contribution < 1.29 is 14.7 Å². The van der Waals surface area contributed by atoms with E-state index >= 15 is 0 Å². The molecule has 6 nitrogen and oxygen atoms in total. The van der Waals surface area contributed by atoms with Gasteiger partial charge in [-0.25, -0.2) is 4.79 Å². The number of carboxylic acid groups (broad SMARTS) is 1. The number of likely N-dealkylation sites (tertiary alicyclic amines) is 1. The van der Waals surface area contributed by atoms with Crippen molar-refractivity contribution in [2.24, 2.45) is 5.92 Å². The minimum absolute atomic E-state index is 0.108. The molecule has 1 saturated heterocycles. The first-order chi connectivity index (χ1) is 10.0. The first kappa shape index (κ1) is 17.8. The molecule has 0 aromatic carbocycles. The van der Waals surface area contributed by atoms with Gasteiger partial charge in [-0.2, -0.15) is 0 Å². The van der Waals surface area contributed by atoms with Crippen LogP contribution in [-0.4, -0.2) is 54.7 Å². The first-order valence-electron chi connectivity index (χ1n) is 7.96. The van der Waals surface area contributed by atoms with Crippen molar-refractivity contribution >= 4 is 12.0 Å². The Bertz CT molecular complexity index is 336. The van der Waals surface area contributed by atoms with Crippen molar-refractivity contribution in [3.05, 3.63) is 0 Å². The third-order valence-corrected chi connectivity index (χ3v) is 4.14.